The Kier molecular flexibility index (Phi) is 6.90. The minimum Gasteiger partial charge on any atom is -0.493 e. The monoisotopic (exact) mass is 335 g/mol. The van der Waals surface area contributed by atoms with Crippen molar-refractivity contribution in [3.05, 3.63) is 46.7 Å². The predicted molar refractivity (Wildman–Crippen MR) is 90.1 cm³/mol. The Morgan fingerprint density at radius 3 is 2.61 bits per heavy atom. The molecule has 5 nitrogen and oxygen atoms in total. The second-order valence-electron chi connectivity index (χ2n) is 4.88. The Hall–Kier alpha value is -2.05. The van der Waals surface area contributed by atoms with Crippen LogP contribution >= 0.6 is 11.3 Å². The molecular formula is C17H21NO4S. The van der Waals surface area contributed by atoms with Crippen molar-refractivity contribution in [1.82, 2.24) is 4.90 Å². The highest BCUT2D eigenvalue weighted by atomic mass is 32.1. The molecule has 124 valence electrons. The van der Waals surface area contributed by atoms with Crippen molar-refractivity contribution >= 4 is 17.2 Å². The van der Waals surface area contributed by atoms with Gasteiger partial charge >= 0.3 is 0 Å². The Bertz CT molecular complexity index is 600. The van der Waals surface area contributed by atoms with Crippen LogP contribution in [0.2, 0.25) is 0 Å². The molecule has 0 bridgehead atoms. The zero-order valence-electron chi connectivity index (χ0n) is 13.4. The highest BCUT2D eigenvalue weighted by Crippen LogP contribution is 2.25. The van der Waals surface area contributed by atoms with E-state index in [1.807, 2.05) is 29.0 Å². The van der Waals surface area contributed by atoms with E-state index in [1.165, 1.54) is 0 Å². The summed E-state index contributed by atoms with van der Waals surface area (Å²) in [5.41, 5.74) is 1.11. The van der Waals surface area contributed by atoms with Gasteiger partial charge in [-0.1, -0.05) is 12.1 Å². The standard InChI is InChI=1S/C17H21NO4S/c1-20-9-8-18(11-14-7-10-23-13-14)17(19)12-22-16-6-4-3-5-15(16)21-2/h3-7,10,13H,8-9,11-12H2,1-2H3. The first-order chi connectivity index (χ1) is 11.2. The van der Waals surface area contributed by atoms with Crippen molar-refractivity contribution in [1.29, 1.82) is 0 Å². The summed E-state index contributed by atoms with van der Waals surface area (Å²) in [5, 5.41) is 4.04. The molecule has 0 spiro atoms. The second kappa shape index (κ2) is 9.17. The molecular weight excluding hydrogens is 314 g/mol. The molecule has 2 aromatic rings. The molecule has 0 unspecified atom stereocenters. The van der Waals surface area contributed by atoms with Crippen molar-refractivity contribution in [3.63, 3.8) is 0 Å². The molecule has 0 saturated heterocycles. The fraction of sp³-hybridized carbons (Fsp3) is 0.353. The molecule has 0 radical (unpaired) electrons. The summed E-state index contributed by atoms with van der Waals surface area (Å²) in [5.74, 6) is 1.09. The summed E-state index contributed by atoms with van der Waals surface area (Å²) in [6, 6.07) is 9.29. The normalized spacial score (nSPS) is 10.3. The lowest BCUT2D eigenvalue weighted by atomic mass is 10.3. The van der Waals surface area contributed by atoms with Gasteiger partial charge in [-0.3, -0.25) is 4.79 Å². The lowest BCUT2D eigenvalue weighted by Crippen LogP contribution is -2.36. The molecule has 0 saturated carbocycles. The molecule has 23 heavy (non-hydrogen) atoms. The predicted octanol–water partition coefficient (Wildman–Crippen LogP) is 2.81. The third-order valence-electron chi connectivity index (χ3n) is 3.29. The molecule has 0 fully saturated rings. The van der Waals surface area contributed by atoms with Gasteiger partial charge in [0.1, 0.15) is 0 Å². The molecule has 1 aromatic heterocycles. The van der Waals surface area contributed by atoms with E-state index in [2.05, 4.69) is 0 Å². The molecule has 0 atom stereocenters. The van der Waals surface area contributed by atoms with Crippen molar-refractivity contribution in [2.24, 2.45) is 0 Å². The number of thiophene rings is 1. The van der Waals surface area contributed by atoms with Gasteiger partial charge < -0.3 is 19.1 Å². The van der Waals surface area contributed by atoms with Gasteiger partial charge in [-0.25, -0.2) is 0 Å². The van der Waals surface area contributed by atoms with E-state index in [-0.39, 0.29) is 12.5 Å². The third kappa shape index (κ3) is 5.26. The zero-order chi connectivity index (χ0) is 16.5. The zero-order valence-corrected chi connectivity index (χ0v) is 14.2. The molecule has 0 aliphatic carbocycles. The maximum Gasteiger partial charge on any atom is 0.260 e. The molecule has 1 heterocycles. The summed E-state index contributed by atoms with van der Waals surface area (Å²) >= 11 is 1.62. The van der Waals surface area contributed by atoms with Crippen LogP contribution in [0.1, 0.15) is 5.56 Å². The van der Waals surface area contributed by atoms with Gasteiger partial charge in [0, 0.05) is 20.2 Å². The lowest BCUT2D eigenvalue weighted by Gasteiger charge is -2.22. The van der Waals surface area contributed by atoms with Crippen LogP contribution in [0.3, 0.4) is 0 Å². The van der Waals surface area contributed by atoms with E-state index in [0.717, 1.165) is 5.56 Å². The molecule has 6 heteroatoms. The Balaban J connectivity index is 1.96. The molecule has 0 N–H and O–H groups in total. The average molecular weight is 335 g/mol. The number of carbonyl (C=O) groups excluding carboxylic acids is 1. The van der Waals surface area contributed by atoms with E-state index in [9.17, 15) is 4.79 Å². The maximum absolute atomic E-state index is 12.5. The Morgan fingerprint density at radius 2 is 1.96 bits per heavy atom. The highest BCUT2D eigenvalue weighted by molar-refractivity contribution is 7.07. The van der Waals surface area contributed by atoms with Crippen LogP contribution in [0.5, 0.6) is 11.5 Å². The number of carbonyl (C=O) groups is 1. The van der Waals surface area contributed by atoms with E-state index >= 15 is 0 Å². The number of para-hydroxylation sites is 2. The van der Waals surface area contributed by atoms with Crippen LogP contribution in [0, 0.1) is 0 Å². The Labute approximate surface area is 140 Å². The van der Waals surface area contributed by atoms with Crippen LogP contribution in [-0.4, -0.2) is 44.8 Å². The molecule has 0 aliphatic rings. The van der Waals surface area contributed by atoms with E-state index in [4.69, 9.17) is 14.2 Å². The van der Waals surface area contributed by atoms with Gasteiger partial charge in [-0.2, -0.15) is 11.3 Å². The van der Waals surface area contributed by atoms with Gasteiger partial charge in [0.15, 0.2) is 18.1 Å². The number of hydrogen-bond acceptors (Lipinski definition) is 5. The fourth-order valence-corrected chi connectivity index (χ4v) is 2.73. The first kappa shape index (κ1) is 17.3. The van der Waals surface area contributed by atoms with E-state index in [0.29, 0.717) is 31.2 Å². The van der Waals surface area contributed by atoms with Crippen molar-refractivity contribution in [2.75, 3.05) is 34.0 Å². The number of benzene rings is 1. The van der Waals surface area contributed by atoms with Crippen LogP contribution in [0.25, 0.3) is 0 Å². The van der Waals surface area contributed by atoms with Crippen molar-refractivity contribution in [2.45, 2.75) is 6.54 Å². The summed E-state index contributed by atoms with van der Waals surface area (Å²) in [6.07, 6.45) is 0. The van der Waals surface area contributed by atoms with Crippen molar-refractivity contribution in [3.8, 4) is 11.5 Å². The van der Waals surface area contributed by atoms with Crippen LogP contribution in [0.15, 0.2) is 41.1 Å². The van der Waals surface area contributed by atoms with Gasteiger partial charge in [0.05, 0.1) is 13.7 Å². The smallest absolute Gasteiger partial charge is 0.260 e. The summed E-state index contributed by atoms with van der Waals surface area (Å²) < 4.78 is 15.9. The molecule has 1 amide bonds. The molecule has 2 rings (SSSR count). The molecule has 0 aliphatic heterocycles. The first-order valence-electron chi connectivity index (χ1n) is 7.28. The topological polar surface area (TPSA) is 48.0 Å². The van der Waals surface area contributed by atoms with Crippen LogP contribution in [0.4, 0.5) is 0 Å². The number of nitrogens with zero attached hydrogens (tertiary/aromatic N) is 1. The maximum atomic E-state index is 12.5. The number of methoxy groups -OCH3 is 2. The second-order valence-corrected chi connectivity index (χ2v) is 5.66. The summed E-state index contributed by atoms with van der Waals surface area (Å²) in [6.45, 7) is 1.54. The fourth-order valence-electron chi connectivity index (χ4n) is 2.07. The van der Waals surface area contributed by atoms with Gasteiger partial charge in [-0.05, 0) is 34.5 Å². The minimum atomic E-state index is -0.0841. The minimum absolute atomic E-state index is 0.0335. The van der Waals surface area contributed by atoms with Gasteiger partial charge in [0.25, 0.3) is 5.91 Å². The quantitative estimate of drug-likeness (QED) is 0.707. The number of ether oxygens (including phenoxy) is 3. The molecule has 1 aromatic carbocycles. The number of amides is 1. The summed E-state index contributed by atoms with van der Waals surface area (Å²) in [7, 11) is 3.20. The number of rotatable bonds is 9. The van der Waals surface area contributed by atoms with Crippen LogP contribution in [-0.2, 0) is 16.1 Å². The Morgan fingerprint density at radius 1 is 1.17 bits per heavy atom. The number of hydrogen-bond donors (Lipinski definition) is 0. The lowest BCUT2D eigenvalue weighted by molar-refractivity contribution is -0.134. The highest BCUT2D eigenvalue weighted by Gasteiger charge is 2.16. The average Bonchev–Trinajstić information content (AvgIpc) is 3.09. The largest absolute Gasteiger partial charge is 0.493 e. The third-order valence-corrected chi connectivity index (χ3v) is 4.02. The first-order valence-corrected chi connectivity index (χ1v) is 8.22. The van der Waals surface area contributed by atoms with Gasteiger partial charge in [0.2, 0.25) is 0 Å². The summed E-state index contributed by atoms with van der Waals surface area (Å²) in [4.78, 5) is 14.2. The van der Waals surface area contributed by atoms with Crippen molar-refractivity contribution < 1.29 is 19.0 Å². The SMILES string of the molecule is COCCN(Cc1ccsc1)C(=O)COc1ccccc1OC. The van der Waals surface area contributed by atoms with E-state index < -0.39 is 0 Å². The van der Waals surface area contributed by atoms with Gasteiger partial charge in [-0.15, -0.1) is 0 Å². The van der Waals surface area contributed by atoms with Crippen LogP contribution < -0.4 is 9.47 Å². The van der Waals surface area contributed by atoms with E-state index in [1.54, 1.807) is 42.6 Å².